The van der Waals surface area contributed by atoms with Crippen molar-refractivity contribution >= 4 is 23.6 Å². The maximum absolute atomic E-state index is 13.5. The van der Waals surface area contributed by atoms with Gasteiger partial charge in [-0.2, -0.15) is 0 Å². The van der Waals surface area contributed by atoms with Crippen LogP contribution in [0.15, 0.2) is 12.7 Å². The van der Waals surface area contributed by atoms with Crippen LogP contribution in [0.1, 0.15) is 46.5 Å². The van der Waals surface area contributed by atoms with Crippen LogP contribution in [0.2, 0.25) is 0 Å². The lowest BCUT2D eigenvalue weighted by Crippen LogP contribution is -2.60. The van der Waals surface area contributed by atoms with Crippen LogP contribution >= 0.6 is 0 Å². The molecule has 0 bridgehead atoms. The number of rotatable bonds is 11. The van der Waals surface area contributed by atoms with E-state index in [-0.39, 0.29) is 18.4 Å². The number of hydrogen-bond acceptors (Lipinski definition) is 5. The molecule has 0 aromatic rings. The number of carbonyl (C=O) groups excluding carboxylic acids is 4. The molecule has 0 unspecified atom stereocenters. The van der Waals surface area contributed by atoms with Gasteiger partial charge in [0.2, 0.25) is 18.2 Å². The summed E-state index contributed by atoms with van der Waals surface area (Å²) in [6, 6.07) is -4.12. The quantitative estimate of drug-likeness (QED) is 0.258. The van der Waals surface area contributed by atoms with Crippen LogP contribution in [-0.2, 0) is 14.4 Å². The van der Waals surface area contributed by atoms with E-state index in [0.717, 1.165) is 12.8 Å². The fourth-order valence-corrected chi connectivity index (χ4v) is 4.95. The molecule has 0 aromatic heterocycles. The van der Waals surface area contributed by atoms with Crippen LogP contribution in [-0.4, -0.2) is 72.7 Å². The summed E-state index contributed by atoms with van der Waals surface area (Å²) in [5.41, 5.74) is 4.60. The van der Waals surface area contributed by atoms with Crippen molar-refractivity contribution < 1.29 is 28.0 Å². The Kier molecular flexibility index (Phi) is 9.54. The molecule has 0 radical (unpaired) electrons. The van der Waals surface area contributed by atoms with E-state index in [1.807, 2.05) is 0 Å². The monoisotopic (exact) mass is 485 g/mol. The van der Waals surface area contributed by atoms with Gasteiger partial charge in [0.1, 0.15) is 12.1 Å². The van der Waals surface area contributed by atoms with Gasteiger partial charge in [0.25, 0.3) is 0 Å². The summed E-state index contributed by atoms with van der Waals surface area (Å²) in [5, 5.41) is 7.74. The van der Waals surface area contributed by atoms with Gasteiger partial charge in [0.05, 0.1) is 12.6 Å². The highest BCUT2D eigenvalue weighted by Crippen LogP contribution is 2.43. The van der Waals surface area contributed by atoms with E-state index in [1.165, 1.54) is 11.0 Å². The number of nitrogens with one attached hydrogen (secondary N) is 3. The molecule has 9 nitrogen and oxygen atoms in total. The molecule has 0 aromatic carbocycles. The molecule has 192 valence electrons. The summed E-state index contributed by atoms with van der Waals surface area (Å²) in [6.45, 7) is 9.27. The van der Waals surface area contributed by atoms with Crippen molar-refractivity contribution in [1.29, 1.82) is 0 Å². The van der Waals surface area contributed by atoms with Crippen molar-refractivity contribution in [1.82, 2.24) is 20.9 Å². The number of urea groups is 1. The van der Waals surface area contributed by atoms with Gasteiger partial charge >= 0.3 is 6.03 Å². The van der Waals surface area contributed by atoms with E-state index in [2.05, 4.69) is 22.5 Å². The number of fused-ring (bicyclic) bond motifs is 1. The van der Waals surface area contributed by atoms with Gasteiger partial charge in [-0.1, -0.05) is 33.3 Å². The number of nitrogens with zero attached hydrogens (tertiary/aromatic N) is 1. The third-order valence-corrected chi connectivity index (χ3v) is 6.55. The Morgan fingerprint density at radius 3 is 2.41 bits per heavy atom. The van der Waals surface area contributed by atoms with Gasteiger partial charge in [0, 0.05) is 19.5 Å². The molecule has 1 saturated carbocycles. The number of alkyl halides is 2. The van der Waals surface area contributed by atoms with Crippen LogP contribution in [0.4, 0.5) is 13.6 Å². The Balaban J connectivity index is 2.27. The van der Waals surface area contributed by atoms with Crippen molar-refractivity contribution in [3.8, 4) is 0 Å². The zero-order valence-corrected chi connectivity index (χ0v) is 20.1. The van der Waals surface area contributed by atoms with Gasteiger partial charge < -0.3 is 26.6 Å². The normalized spacial score (nSPS) is 23.8. The zero-order valence-electron chi connectivity index (χ0n) is 20.1. The van der Waals surface area contributed by atoms with E-state index in [4.69, 9.17) is 5.73 Å². The Morgan fingerprint density at radius 2 is 1.85 bits per heavy atom. The molecule has 2 fully saturated rings. The second kappa shape index (κ2) is 11.7. The van der Waals surface area contributed by atoms with Crippen molar-refractivity contribution in [2.45, 2.75) is 71.0 Å². The van der Waals surface area contributed by atoms with Gasteiger partial charge in [-0.3, -0.25) is 14.4 Å². The lowest BCUT2D eigenvalue weighted by atomic mass is 9.85. The maximum Gasteiger partial charge on any atom is 0.312 e. The second-order valence-electron chi connectivity index (χ2n) is 10.2. The molecule has 34 heavy (non-hydrogen) atoms. The second-order valence-corrected chi connectivity index (χ2v) is 10.2. The molecule has 1 aliphatic carbocycles. The molecule has 5 atom stereocenters. The van der Waals surface area contributed by atoms with E-state index < -0.39 is 60.0 Å². The number of ketones is 1. The highest BCUT2D eigenvalue weighted by molar-refractivity contribution is 5.95. The molecule has 1 aliphatic heterocycles. The highest BCUT2D eigenvalue weighted by Gasteiger charge is 2.52. The zero-order chi connectivity index (χ0) is 25.6. The summed E-state index contributed by atoms with van der Waals surface area (Å²) < 4.78 is 26.4. The maximum atomic E-state index is 13.5. The SMILES string of the molecule is C=CCNCC(=O)[C@H](CC(F)F)NC(=O)[C@@H]1[C@H]2CCC[C@H]2CN1C(=O)[C@@H](NC(N)=O)C(C)(C)C. The number of amides is 4. The van der Waals surface area contributed by atoms with Gasteiger partial charge in [-0.05, 0) is 30.1 Å². The van der Waals surface area contributed by atoms with Crippen molar-refractivity contribution in [3.63, 3.8) is 0 Å². The first kappa shape index (κ1) is 27.7. The van der Waals surface area contributed by atoms with Crippen LogP contribution in [0.3, 0.4) is 0 Å². The van der Waals surface area contributed by atoms with E-state index >= 15 is 0 Å². The predicted octanol–water partition coefficient (Wildman–Crippen LogP) is 1.18. The molecule has 2 rings (SSSR count). The number of carbonyl (C=O) groups is 4. The van der Waals surface area contributed by atoms with Crippen molar-refractivity contribution in [2.24, 2.45) is 23.0 Å². The van der Waals surface area contributed by atoms with Crippen LogP contribution in [0.5, 0.6) is 0 Å². The summed E-state index contributed by atoms with van der Waals surface area (Å²) in [7, 11) is 0. The number of halogens is 2. The third kappa shape index (κ3) is 6.97. The molecular formula is C23H37F2N5O4. The Morgan fingerprint density at radius 1 is 1.18 bits per heavy atom. The van der Waals surface area contributed by atoms with Crippen LogP contribution in [0, 0.1) is 17.3 Å². The highest BCUT2D eigenvalue weighted by atomic mass is 19.3. The molecule has 5 N–H and O–H groups in total. The van der Waals surface area contributed by atoms with Crippen LogP contribution < -0.4 is 21.7 Å². The number of nitrogens with two attached hydrogens (primary N) is 1. The summed E-state index contributed by atoms with van der Waals surface area (Å²) in [6.07, 6.45) is 0.370. The average Bonchev–Trinajstić information content (AvgIpc) is 3.31. The Hall–Kier alpha value is -2.56. The smallest absolute Gasteiger partial charge is 0.312 e. The number of likely N-dealkylation sites (tertiary alicyclic amines) is 1. The topological polar surface area (TPSA) is 134 Å². The number of hydrogen-bond donors (Lipinski definition) is 4. The molecular weight excluding hydrogens is 448 g/mol. The van der Waals surface area contributed by atoms with E-state index in [0.29, 0.717) is 19.5 Å². The minimum absolute atomic E-state index is 0.0902. The first-order valence-corrected chi connectivity index (χ1v) is 11.7. The largest absolute Gasteiger partial charge is 0.352 e. The van der Waals surface area contributed by atoms with Gasteiger partial charge in [0.15, 0.2) is 5.78 Å². The standard InChI is InChI=1S/C23H37F2N5O4/c1-5-9-27-11-16(31)15(10-17(24)25)28-20(32)18-14-8-6-7-13(14)12-30(18)21(33)19(23(2,3)4)29-22(26)34/h5,13-15,17-19,27H,1,6-12H2,2-4H3,(H,28,32)(H3,26,29,34)/t13-,14-,15-,18-,19+/m0/s1. The Bertz CT molecular complexity index is 786. The van der Waals surface area contributed by atoms with Crippen molar-refractivity contribution in [3.05, 3.63) is 12.7 Å². The molecule has 0 spiro atoms. The number of Topliss-reactive ketones (excluding diaryl/α,β-unsaturated/α-hetero) is 1. The lowest BCUT2D eigenvalue weighted by molar-refractivity contribution is -0.143. The van der Waals surface area contributed by atoms with Gasteiger partial charge in [-0.25, -0.2) is 13.6 Å². The first-order valence-electron chi connectivity index (χ1n) is 11.7. The van der Waals surface area contributed by atoms with E-state index in [9.17, 15) is 28.0 Å². The average molecular weight is 486 g/mol. The van der Waals surface area contributed by atoms with Crippen molar-refractivity contribution in [2.75, 3.05) is 19.6 Å². The van der Waals surface area contributed by atoms with Crippen LogP contribution in [0.25, 0.3) is 0 Å². The summed E-state index contributed by atoms with van der Waals surface area (Å²) in [5.74, 6) is -1.70. The molecule has 4 amide bonds. The fourth-order valence-electron chi connectivity index (χ4n) is 4.95. The fraction of sp³-hybridized carbons (Fsp3) is 0.739. The molecule has 1 heterocycles. The lowest BCUT2D eigenvalue weighted by Gasteiger charge is -2.36. The minimum atomic E-state index is -2.79. The third-order valence-electron chi connectivity index (χ3n) is 6.55. The summed E-state index contributed by atoms with van der Waals surface area (Å²) >= 11 is 0. The van der Waals surface area contributed by atoms with E-state index in [1.54, 1.807) is 20.8 Å². The summed E-state index contributed by atoms with van der Waals surface area (Å²) in [4.78, 5) is 52.4. The molecule has 2 aliphatic rings. The minimum Gasteiger partial charge on any atom is -0.352 e. The Labute approximate surface area is 199 Å². The number of primary amides is 1. The predicted molar refractivity (Wildman–Crippen MR) is 123 cm³/mol. The van der Waals surface area contributed by atoms with Gasteiger partial charge in [-0.15, -0.1) is 6.58 Å². The molecule has 1 saturated heterocycles. The first-order chi connectivity index (χ1) is 15.9. The molecule has 11 heteroatoms.